The maximum atomic E-state index is 11.2. The molecule has 0 saturated carbocycles. The Morgan fingerprint density at radius 2 is 2.13 bits per heavy atom. The van der Waals surface area contributed by atoms with Crippen LogP contribution in [0.25, 0.3) is 0 Å². The van der Waals surface area contributed by atoms with Crippen LogP contribution in [-0.2, 0) is 4.79 Å². The van der Waals surface area contributed by atoms with Gasteiger partial charge in [0.2, 0.25) is 5.91 Å². The molecule has 0 aromatic rings. The van der Waals surface area contributed by atoms with Crippen molar-refractivity contribution in [1.82, 2.24) is 10.2 Å². The minimum absolute atomic E-state index is 0. The van der Waals surface area contributed by atoms with E-state index in [9.17, 15) is 4.79 Å². The Morgan fingerprint density at radius 1 is 1.53 bits per heavy atom. The number of nitrogens with one attached hydrogen (secondary N) is 1. The predicted molar refractivity (Wildman–Crippen MR) is 65.6 cm³/mol. The summed E-state index contributed by atoms with van der Waals surface area (Å²) in [6.07, 6.45) is 6.45. The molecule has 0 atom stereocenters. The molecule has 0 bridgehead atoms. The average Bonchev–Trinajstić information content (AvgIpc) is 2.13. The highest BCUT2D eigenvalue weighted by atomic mass is 16.1. The first-order valence-electron chi connectivity index (χ1n) is 5.29. The van der Waals surface area contributed by atoms with Crippen molar-refractivity contribution in [2.75, 3.05) is 20.1 Å². The third-order valence-electron chi connectivity index (χ3n) is 2.43. The minimum atomic E-state index is 0. The van der Waals surface area contributed by atoms with Crippen molar-refractivity contribution in [1.29, 1.82) is 0 Å². The fourth-order valence-corrected chi connectivity index (χ4v) is 1.05. The van der Waals surface area contributed by atoms with Crippen LogP contribution >= 0.6 is 0 Å². The second-order valence-electron chi connectivity index (χ2n) is 4.68. The van der Waals surface area contributed by atoms with Gasteiger partial charge in [-0.1, -0.05) is 5.92 Å². The lowest BCUT2D eigenvalue weighted by Gasteiger charge is -2.31. The SMILES string of the molecule is C#CCNC(=O)CCCN(C)C(C)(C)C.[HH]. The monoisotopic (exact) mass is 212 g/mol. The number of nitrogens with zero attached hydrogens (tertiary/aromatic N) is 1. The smallest absolute Gasteiger partial charge is 0.220 e. The molecule has 0 spiro atoms. The van der Waals surface area contributed by atoms with Gasteiger partial charge in [-0.3, -0.25) is 4.79 Å². The highest BCUT2D eigenvalue weighted by molar-refractivity contribution is 5.76. The van der Waals surface area contributed by atoms with Gasteiger partial charge in [0, 0.05) is 13.4 Å². The molecule has 0 saturated heterocycles. The molecule has 0 aliphatic carbocycles. The van der Waals surface area contributed by atoms with Gasteiger partial charge in [-0.25, -0.2) is 0 Å². The molecule has 1 N–H and O–H groups in total. The molecule has 0 rings (SSSR count). The van der Waals surface area contributed by atoms with Crippen LogP contribution < -0.4 is 5.32 Å². The van der Waals surface area contributed by atoms with E-state index in [2.05, 4.69) is 44.0 Å². The molecule has 0 radical (unpaired) electrons. The van der Waals surface area contributed by atoms with E-state index in [0.29, 0.717) is 13.0 Å². The van der Waals surface area contributed by atoms with Crippen LogP contribution in [-0.4, -0.2) is 36.5 Å². The zero-order valence-corrected chi connectivity index (χ0v) is 10.3. The molecule has 0 unspecified atom stereocenters. The first kappa shape index (κ1) is 14.0. The molecule has 0 aliphatic rings. The van der Waals surface area contributed by atoms with Crippen LogP contribution in [0.15, 0.2) is 0 Å². The zero-order valence-electron chi connectivity index (χ0n) is 10.3. The van der Waals surface area contributed by atoms with Crippen LogP contribution in [0.3, 0.4) is 0 Å². The summed E-state index contributed by atoms with van der Waals surface area (Å²) in [6.45, 7) is 7.73. The van der Waals surface area contributed by atoms with Gasteiger partial charge in [-0.15, -0.1) is 6.42 Å². The van der Waals surface area contributed by atoms with Crippen LogP contribution in [0, 0.1) is 12.3 Å². The van der Waals surface area contributed by atoms with Gasteiger partial charge in [0.05, 0.1) is 6.54 Å². The number of rotatable bonds is 5. The third kappa shape index (κ3) is 6.98. The fraction of sp³-hybridized carbons (Fsp3) is 0.750. The number of amides is 1. The normalized spacial score (nSPS) is 11.2. The van der Waals surface area contributed by atoms with Crippen molar-refractivity contribution in [2.45, 2.75) is 39.2 Å². The molecule has 1 amide bonds. The van der Waals surface area contributed by atoms with Crippen LogP contribution in [0.2, 0.25) is 0 Å². The van der Waals surface area contributed by atoms with Crippen molar-refractivity contribution in [3.8, 4) is 12.3 Å². The molecule has 0 aromatic carbocycles. The summed E-state index contributed by atoms with van der Waals surface area (Å²) in [5.74, 6) is 2.42. The van der Waals surface area contributed by atoms with Gasteiger partial charge in [0.1, 0.15) is 0 Å². The summed E-state index contributed by atoms with van der Waals surface area (Å²) in [4.78, 5) is 13.4. The molecule has 15 heavy (non-hydrogen) atoms. The summed E-state index contributed by atoms with van der Waals surface area (Å²) < 4.78 is 0. The Labute approximate surface area is 94.7 Å². The minimum Gasteiger partial charge on any atom is -0.345 e. The van der Waals surface area contributed by atoms with Gasteiger partial charge >= 0.3 is 0 Å². The van der Waals surface area contributed by atoms with Crippen LogP contribution in [0.1, 0.15) is 35.0 Å². The van der Waals surface area contributed by atoms with Gasteiger partial charge in [0.15, 0.2) is 0 Å². The van der Waals surface area contributed by atoms with Gasteiger partial charge in [-0.2, -0.15) is 0 Å². The second-order valence-corrected chi connectivity index (χ2v) is 4.68. The molecular formula is C12H24N2O. The van der Waals surface area contributed by atoms with Crippen molar-refractivity contribution < 1.29 is 6.22 Å². The number of terminal acetylenes is 1. The first-order valence-corrected chi connectivity index (χ1v) is 5.29. The van der Waals surface area contributed by atoms with Crippen LogP contribution in [0.4, 0.5) is 0 Å². The largest absolute Gasteiger partial charge is 0.345 e. The first-order chi connectivity index (χ1) is 6.88. The summed E-state index contributed by atoms with van der Waals surface area (Å²) in [7, 11) is 2.07. The molecule has 0 aliphatic heterocycles. The third-order valence-corrected chi connectivity index (χ3v) is 2.43. The Kier molecular flexibility index (Phi) is 6.03. The van der Waals surface area contributed by atoms with E-state index < -0.39 is 0 Å². The molecule has 3 nitrogen and oxygen atoms in total. The molecule has 0 fully saturated rings. The summed E-state index contributed by atoms with van der Waals surface area (Å²) >= 11 is 0. The van der Waals surface area contributed by atoms with E-state index in [4.69, 9.17) is 6.42 Å². The number of hydrogen-bond acceptors (Lipinski definition) is 2. The quantitative estimate of drug-likeness (QED) is 0.700. The fourth-order valence-electron chi connectivity index (χ4n) is 1.05. The summed E-state index contributed by atoms with van der Waals surface area (Å²) in [6, 6.07) is 0. The van der Waals surface area contributed by atoms with E-state index in [-0.39, 0.29) is 12.9 Å². The Bertz CT molecular complexity index is 240. The molecule has 3 heteroatoms. The van der Waals surface area contributed by atoms with Gasteiger partial charge in [-0.05, 0) is 40.8 Å². The highest BCUT2D eigenvalue weighted by Gasteiger charge is 2.16. The number of carbonyl (C=O) groups is 1. The summed E-state index contributed by atoms with van der Waals surface area (Å²) in [5.41, 5.74) is 0.162. The lowest BCUT2D eigenvalue weighted by Crippen LogP contribution is -2.39. The number of hydrogen-bond donors (Lipinski definition) is 1. The average molecular weight is 212 g/mol. The molecule has 0 heterocycles. The van der Waals surface area contributed by atoms with Crippen LogP contribution in [0.5, 0.6) is 0 Å². The second kappa shape index (κ2) is 6.47. The van der Waals surface area contributed by atoms with E-state index in [0.717, 1.165) is 13.0 Å². The standard InChI is InChI=1S/C12H22N2O.H2/c1-6-9-13-11(15)8-7-10-14(5)12(2,3)4;/h1H,7-10H2,2-5H3,(H,13,15);1H. The molecule has 88 valence electrons. The maximum Gasteiger partial charge on any atom is 0.220 e. The number of carbonyl (C=O) groups excluding carboxylic acids is 1. The van der Waals surface area contributed by atoms with E-state index in [1.807, 2.05) is 0 Å². The van der Waals surface area contributed by atoms with E-state index in [1.165, 1.54) is 0 Å². The molecular weight excluding hydrogens is 188 g/mol. The maximum absolute atomic E-state index is 11.2. The van der Waals surface area contributed by atoms with Crippen molar-refractivity contribution >= 4 is 5.91 Å². The van der Waals surface area contributed by atoms with Crippen molar-refractivity contribution in [2.24, 2.45) is 0 Å². The molecule has 0 aromatic heterocycles. The van der Waals surface area contributed by atoms with Gasteiger partial charge in [0.25, 0.3) is 0 Å². The van der Waals surface area contributed by atoms with E-state index in [1.54, 1.807) is 0 Å². The Morgan fingerprint density at radius 3 is 2.60 bits per heavy atom. The highest BCUT2D eigenvalue weighted by Crippen LogP contribution is 2.10. The van der Waals surface area contributed by atoms with Crippen molar-refractivity contribution in [3.05, 3.63) is 0 Å². The van der Waals surface area contributed by atoms with E-state index >= 15 is 0 Å². The summed E-state index contributed by atoms with van der Waals surface area (Å²) in [5, 5.41) is 2.65. The predicted octanol–water partition coefficient (Wildman–Crippen LogP) is 1.49. The van der Waals surface area contributed by atoms with Gasteiger partial charge < -0.3 is 10.2 Å². The zero-order chi connectivity index (χ0) is 11.9. The lowest BCUT2D eigenvalue weighted by molar-refractivity contribution is -0.121. The van der Waals surface area contributed by atoms with Crippen molar-refractivity contribution in [3.63, 3.8) is 0 Å². The topological polar surface area (TPSA) is 32.3 Å². The Hall–Kier alpha value is -1.01. The Balaban J connectivity index is 0. The lowest BCUT2D eigenvalue weighted by atomic mass is 10.1.